The van der Waals surface area contributed by atoms with E-state index < -0.39 is 85.1 Å². The van der Waals surface area contributed by atoms with E-state index >= 15 is 0 Å². The van der Waals surface area contributed by atoms with Gasteiger partial charge in [-0.1, -0.05) is 29.8 Å². The van der Waals surface area contributed by atoms with Gasteiger partial charge in [0.05, 0.1) is 28.5 Å². The van der Waals surface area contributed by atoms with Gasteiger partial charge in [-0.2, -0.15) is 78.8 Å². The summed E-state index contributed by atoms with van der Waals surface area (Å²) in [6, 6.07) is 59.1. The number of nitrogens with zero attached hydrogens (tertiary/aromatic N) is 21. The molecular weight excluding hydrogens is 1670 g/mol. The summed E-state index contributed by atoms with van der Waals surface area (Å²) in [5.41, 5.74) is 6.32. The summed E-state index contributed by atoms with van der Waals surface area (Å²) in [5.74, 6) is -3.26. The highest BCUT2D eigenvalue weighted by atomic mass is 35.5. The SMILES string of the molecule is CC(F)(F)COc1ccc(-c2ccc3nnc(C(F)F)n3n2)cn1.CC(F)(F)Oc1ccc(-c2ccc3nnc(C(F)F)n3n2)cc1.CC(F)(F)Oc1ccc(-c2ccc3nnc(C(F)F)n3n2)cc1F.FC(F)(F)c1nnc2ccc(-c3ccc(Oc4ccc(Cl)cc4)cc3)nn12.c1ccc(Oc2ccc(-c3ccc4nnc(C5CC5)n4n3)cc2)cc1. The van der Waals surface area contributed by atoms with E-state index in [4.69, 9.17) is 30.9 Å². The summed E-state index contributed by atoms with van der Waals surface area (Å²) in [6.45, 7) is 1.06. The van der Waals surface area contributed by atoms with Crippen LogP contribution in [0.25, 0.3) is 84.5 Å². The number of benzene rings is 6. The molecule has 1 fully saturated rings. The fourth-order valence-corrected chi connectivity index (χ4v) is 11.4. The largest absolute Gasteiger partial charge is 0.471 e. The Labute approximate surface area is 685 Å². The second-order valence-corrected chi connectivity index (χ2v) is 27.1. The number of para-hydroxylation sites is 1. The lowest BCUT2D eigenvalue weighted by Crippen LogP contribution is -2.21. The number of pyridine rings is 1. The summed E-state index contributed by atoms with van der Waals surface area (Å²) < 4.78 is 237. The Morgan fingerprint density at radius 2 is 0.756 bits per heavy atom. The maximum Gasteiger partial charge on any atom is 0.453 e. The minimum absolute atomic E-state index is 0.0140. The van der Waals surface area contributed by atoms with Gasteiger partial charge in [0.2, 0.25) is 23.4 Å². The highest BCUT2D eigenvalue weighted by molar-refractivity contribution is 6.30. The topological polar surface area (TPSA) is 274 Å². The van der Waals surface area contributed by atoms with Crippen LogP contribution >= 0.6 is 11.6 Å². The first-order valence-corrected chi connectivity index (χ1v) is 36.5. The molecule has 6 aromatic carbocycles. The Morgan fingerprint density at radius 1 is 0.382 bits per heavy atom. The Hall–Kier alpha value is -14.6. The van der Waals surface area contributed by atoms with Crippen molar-refractivity contribution in [2.24, 2.45) is 0 Å². The molecule has 43 heteroatoms. The third-order valence-corrected chi connectivity index (χ3v) is 17.2. The molecule has 0 N–H and O–H groups in total. The van der Waals surface area contributed by atoms with Gasteiger partial charge < -0.3 is 23.7 Å². The molecule has 0 saturated heterocycles. The molecule has 11 aromatic heterocycles. The van der Waals surface area contributed by atoms with E-state index in [1.165, 1.54) is 91.8 Å². The molecule has 0 bridgehead atoms. The molecule has 0 atom stereocenters. The molecule has 0 unspecified atom stereocenters. The van der Waals surface area contributed by atoms with E-state index in [2.05, 4.69) is 85.8 Å². The van der Waals surface area contributed by atoms with Crippen LogP contribution in [0, 0.1) is 5.82 Å². The molecule has 17 aromatic rings. The van der Waals surface area contributed by atoms with Crippen molar-refractivity contribution < 1.29 is 93.9 Å². The number of hydrogen-bond acceptors (Lipinski definition) is 21. The maximum atomic E-state index is 13.9. The average molecular weight is 1730 g/mol. The lowest BCUT2D eigenvalue weighted by Gasteiger charge is -2.14. The van der Waals surface area contributed by atoms with Gasteiger partial charge in [0.1, 0.15) is 28.7 Å². The standard InChI is InChI=1S/C20H16N4O.C18H10ClF3N4O.C14H9F5N4O.C14H11F4N5O.C14H10F4N4O/c1-2-4-16(5-3-1)25-17-10-8-14(9-11-17)18-12-13-19-21-22-20(15-6-7-15)24(19)23-18;19-12-3-7-14(8-4-12)27-13-5-1-11(2-6-13)15-9-10-16-23-24-17(18(20,21)22)26(16)25-15;1-14(18,19)24-10-4-2-7(6-8(10)15)9-3-5-11-20-21-13(12(16)17)23(11)22-9;1-14(17,18)7-24-11-5-2-8(6-19-11)9-3-4-10-20-21-13(12(15)16)23(10)22-9;1-14(17,18)23-9-4-2-8(3-5-9)10-6-7-11-19-20-13(12(15)16)22(11)21-10/h1-5,8-13,15H,6-7H2;1-10H;2-6,12H,1H3;2-6,12H,7H2,1H3;2-7,12H,1H3. The van der Waals surface area contributed by atoms with Crippen molar-refractivity contribution in [2.45, 2.75) is 83.1 Å². The first-order valence-electron chi connectivity index (χ1n) is 36.1. The number of fused-ring (bicyclic) bond motifs is 5. The lowest BCUT2D eigenvalue weighted by atomic mass is 10.1. The van der Waals surface area contributed by atoms with Crippen LogP contribution in [0.3, 0.4) is 0 Å². The summed E-state index contributed by atoms with van der Waals surface area (Å²) in [5, 5.41) is 57.3. The van der Waals surface area contributed by atoms with Crippen LogP contribution in [-0.4, -0.2) is 129 Å². The Kier molecular flexibility index (Phi) is 24.7. The quantitative estimate of drug-likeness (QED) is 0.0641. The van der Waals surface area contributed by atoms with Crippen molar-refractivity contribution in [1.82, 2.24) is 104 Å². The number of rotatable bonds is 20. The number of ether oxygens (including phenoxy) is 5. The Bertz CT molecular complexity index is 6500. The normalized spacial score (nSPS) is 12.4. The van der Waals surface area contributed by atoms with Gasteiger partial charge in [-0.25, -0.2) is 44.5 Å². The van der Waals surface area contributed by atoms with E-state index in [1.807, 2.05) is 71.2 Å². The molecule has 630 valence electrons. The highest BCUT2D eigenvalue weighted by Crippen LogP contribution is 2.40. The monoisotopic (exact) mass is 1730 g/mol. The third-order valence-electron chi connectivity index (χ3n) is 17.0. The van der Waals surface area contributed by atoms with E-state index in [0.717, 1.165) is 66.8 Å². The van der Waals surface area contributed by atoms with Gasteiger partial charge in [0, 0.05) is 71.8 Å². The van der Waals surface area contributed by atoms with Gasteiger partial charge in [-0.3, -0.25) is 0 Å². The first-order chi connectivity index (χ1) is 58.7. The van der Waals surface area contributed by atoms with Gasteiger partial charge in [-0.15, -0.1) is 51.0 Å². The molecular formula is C80H56ClF16N21O5. The van der Waals surface area contributed by atoms with E-state index in [9.17, 15) is 70.2 Å². The molecule has 0 radical (unpaired) electrons. The van der Waals surface area contributed by atoms with E-state index in [0.29, 0.717) is 74.6 Å². The van der Waals surface area contributed by atoms with Gasteiger partial charge >= 0.3 is 18.4 Å². The molecule has 1 aliphatic rings. The van der Waals surface area contributed by atoms with Crippen molar-refractivity contribution in [3.8, 4) is 96.7 Å². The second kappa shape index (κ2) is 35.8. The zero-order chi connectivity index (χ0) is 87.1. The number of aromatic nitrogens is 21. The highest BCUT2D eigenvalue weighted by Gasteiger charge is 2.38. The fraction of sp³-hybridized carbons (Fsp3) is 0.175. The number of alkyl halides is 15. The molecule has 18 rings (SSSR count). The van der Waals surface area contributed by atoms with E-state index in [1.54, 1.807) is 66.7 Å². The van der Waals surface area contributed by atoms with E-state index in [-0.39, 0.29) is 45.5 Å². The molecule has 11 heterocycles. The van der Waals surface area contributed by atoms with Crippen molar-refractivity contribution in [1.29, 1.82) is 0 Å². The predicted molar refractivity (Wildman–Crippen MR) is 407 cm³/mol. The third kappa shape index (κ3) is 21.5. The first kappa shape index (κ1) is 84.8. The smallest absolute Gasteiger partial charge is 0.453 e. The fourth-order valence-electron chi connectivity index (χ4n) is 11.3. The van der Waals surface area contributed by atoms with Crippen LogP contribution in [-0.2, 0) is 6.18 Å². The minimum atomic E-state index is -4.64. The van der Waals surface area contributed by atoms with Crippen LogP contribution in [0.4, 0.5) is 70.2 Å². The van der Waals surface area contributed by atoms with Crippen molar-refractivity contribution in [3.63, 3.8) is 0 Å². The van der Waals surface area contributed by atoms with Crippen molar-refractivity contribution in [3.05, 3.63) is 265 Å². The number of hydrogen-bond donors (Lipinski definition) is 0. The molecule has 26 nitrogen and oxygen atoms in total. The van der Waals surface area contributed by atoms with Crippen LogP contribution in [0.15, 0.2) is 225 Å². The summed E-state index contributed by atoms with van der Waals surface area (Å²) >= 11 is 5.83. The van der Waals surface area contributed by atoms with Crippen LogP contribution in [0.2, 0.25) is 5.02 Å². The molecule has 123 heavy (non-hydrogen) atoms. The van der Waals surface area contributed by atoms with Gasteiger partial charge in [0.25, 0.3) is 31.0 Å². The summed E-state index contributed by atoms with van der Waals surface area (Å²) in [6.07, 6.45) is -16.3. The Morgan fingerprint density at radius 3 is 1.17 bits per heavy atom. The van der Waals surface area contributed by atoms with Crippen LogP contribution < -0.4 is 23.7 Å². The summed E-state index contributed by atoms with van der Waals surface area (Å²) in [7, 11) is 0. The zero-order valence-corrected chi connectivity index (χ0v) is 63.9. The zero-order valence-electron chi connectivity index (χ0n) is 63.2. The Balaban J connectivity index is 0.000000125. The maximum absolute atomic E-state index is 13.9. The minimum Gasteiger partial charge on any atom is -0.471 e. The lowest BCUT2D eigenvalue weighted by molar-refractivity contribution is -0.160. The second-order valence-electron chi connectivity index (χ2n) is 26.6. The molecule has 0 spiro atoms. The summed E-state index contributed by atoms with van der Waals surface area (Å²) in [4.78, 5) is 3.90. The molecule has 0 aliphatic heterocycles. The van der Waals surface area contributed by atoms with Gasteiger partial charge in [0.15, 0.2) is 52.2 Å². The number of halogens is 17. The molecule has 0 amide bonds. The molecule has 1 saturated carbocycles. The van der Waals surface area contributed by atoms with Crippen molar-refractivity contribution in [2.75, 3.05) is 6.61 Å². The molecule has 1 aliphatic carbocycles. The predicted octanol–water partition coefficient (Wildman–Crippen LogP) is 20.5. The van der Waals surface area contributed by atoms with Crippen LogP contribution in [0.1, 0.15) is 87.9 Å². The van der Waals surface area contributed by atoms with Crippen molar-refractivity contribution >= 4 is 39.8 Å². The van der Waals surface area contributed by atoms with Crippen LogP contribution in [0.5, 0.6) is 40.4 Å². The van der Waals surface area contributed by atoms with Gasteiger partial charge in [-0.05, 0) is 207 Å². The average Bonchev–Trinajstić information content (AvgIpc) is 1.61.